The first-order valence-corrected chi connectivity index (χ1v) is 6.67. The van der Waals surface area contributed by atoms with E-state index in [1.165, 1.54) is 18.2 Å². The molecule has 1 amide bonds. The molecule has 0 radical (unpaired) electrons. The van der Waals surface area contributed by atoms with Crippen LogP contribution in [0.15, 0.2) is 48.5 Å². The van der Waals surface area contributed by atoms with Gasteiger partial charge in [-0.1, -0.05) is 24.3 Å². The zero-order chi connectivity index (χ0) is 16.9. The molecular formula is C16H14F3NO3. The van der Waals surface area contributed by atoms with Crippen LogP contribution in [0.5, 0.6) is 11.5 Å². The predicted octanol–water partition coefficient (Wildman–Crippen LogP) is 3.91. The highest BCUT2D eigenvalue weighted by atomic mass is 19.4. The molecule has 1 N–H and O–H groups in total. The van der Waals surface area contributed by atoms with Crippen molar-refractivity contribution in [3.63, 3.8) is 0 Å². The van der Waals surface area contributed by atoms with E-state index in [1.54, 1.807) is 18.2 Å². The molecule has 0 aliphatic rings. The number of nitrogens with one attached hydrogen (secondary N) is 1. The number of alkyl halides is 3. The highest BCUT2D eigenvalue weighted by Crippen LogP contribution is 2.29. The van der Waals surface area contributed by atoms with Gasteiger partial charge < -0.3 is 14.8 Å². The van der Waals surface area contributed by atoms with E-state index in [1.807, 2.05) is 13.0 Å². The number of benzene rings is 2. The van der Waals surface area contributed by atoms with E-state index in [9.17, 15) is 18.0 Å². The van der Waals surface area contributed by atoms with Crippen LogP contribution in [0.25, 0.3) is 0 Å². The van der Waals surface area contributed by atoms with Crippen molar-refractivity contribution in [1.82, 2.24) is 0 Å². The number of para-hydroxylation sites is 2. The van der Waals surface area contributed by atoms with Gasteiger partial charge in [0.05, 0.1) is 5.69 Å². The molecule has 2 aromatic rings. The summed E-state index contributed by atoms with van der Waals surface area (Å²) in [4.78, 5) is 11.8. The van der Waals surface area contributed by atoms with Gasteiger partial charge >= 0.3 is 6.36 Å². The maximum atomic E-state index is 12.3. The van der Waals surface area contributed by atoms with Crippen molar-refractivity contribution in [3.8, 4) is 11.5 Å². The summed E-state index contributed by atoms with van der Waals surface area (Å²) >= 11 is 0. The number of anilines is 1. The van der Waals surface area contributed by atoms with Crippen molar-refractivity contribution in [1.29, 1.82) is 0 Å². The van der Waals surface area contributed by atoms with Crippen LogP contribution < -0.4 is 14.8 Å². The van der Waals surface area contributed by atoms with E-state index < -0.39 is 18.0 Å². The molecule has 0 saturated carbocycles. The molecule has 0 aliphatic heterocycles. The number of rotatable bonds is 5. The van der Waals surface area contributed by atoms with Gasteiger partial charge in [-0.05, 0) is 36.8 Å². The van der Waals surface area contributed by atoms with Crippen LogP contribution in [-0.2, 0) is 4.79 Å². The number of aryl methyl sites for hydroxylation is 1. The Morgan fingerprint density at radius 2 is 1.87 bits per heavy atom. The zero-order valence-electron chi connectivity index (χ0n) is 12.2. The molecule has 0 heterocycles. The maximum Gasteiger partial charge on any atom is 0.573 e. The number of hydrogen-bond acceptors (Lipinski definition) is 3. The van der Waals surface area contributed by atoms with Crippen LogP contribution in [0.2, 0.25) is 0 Å². The summed E-state index contributed by atoms with van der Waals surface area (Å²) in [6.07, 6.45) is -4.83. The summed E-state index contributed by atoms with van der Waals surface area (Å²) < 4.78 is 46.1. The van der Waals surface area contributed by atoms with Crippen molar-refractivity contribution in [2.24, 2.45) is 0 Å². The second kappa shape index (κ2) is 7.04. The van der Waals surface area contributed by atoms with Gasteiger partial charge in [-0.15, -0.1) is 13.2 Å². The summed E-state index contributed by atoms with van der Waals surface area (Å²) in [7, 11) is 0. The van der Waals surface area contributed by atoms with Crippen LogP contribution in [-0.4, -0.2) is 18.9 Å². The number of ether oxygens (including phenoxy) is 2. The first kappa shape index (κ1) is 16.7. The third-order valence-corrected chi connectivity index (χ3v) is 2.75. The van der Waals surface area contributed by atoms with E-state index in [4.69, 9.17) is 4.74 Å². The summed E-state index contributed by atoms with van der Waals surface area (Å²) in [5, 5.41) is 2.33. The first-order valence-electron chi connectivity index (χ1n) is 6.67. The molecule has 122 valence electrons. The lowest BCUT2D eigenvalue weighted by Gasteiger charge is -2.14. The van der Waals surface area contributed by atoms with Gasteiger partial charge in [0.25, 0.3) is 5.91 Å². The summed E-state index contributed by atoms with van der Waals surface area (Å²) in [6.45, 7) is 1.54. The second-order valence-corrected chi connectivity index (χ2v) is 4.70. The first-order chi connectivity index (χ1) is 10.8. The molecule has 7 heteroatoms. The summed E-state index contributed by atoms with van der Waals surface area (Å²) in [6, 6.07) is 12.4. The molecule has 23 heavy (non-hydrogen) atoms. The average Bonchev–Trinajstić information content (AvgIpc) is 2.46. The van der Waals surface area contributed by atoms with Gasteiger partial charge in [0.1, 0.15) is 5.75 Å². The number of amides is 1. The Morgan fingerprint density at radius 3 is 2.57 bits per heavy atom. The van der Waals surface area contributed by atoms with Crippen LogP contribution in [0.3, 0.4) is 0 Å². The summed E-state index contributed by atoms with van der Waals surface area (Å²) in [5.41, 5.74) is 0.884. The molecule has 0 spiro atoms. The van der Waals surface area contributed by atoms with Crippen molar-refractivity contribution < 1.29 is 27.4 Å². The normalized spacial score (nSPS) is 11.0. The van der Waals surface area contributed by atoms with Gasteiger partial charge in [-0.2, -0.15) is 0 Å². The fourth-order valence-electron chi connectivity index (χ4n) is 1.82. The lowest BCUT2D eigenvalue weighted by atomic mass is 10.2. The lowest BCUT2D eigenvalue weighted by Crippen LogP contribution is -2.22. The molecule has 0 fully saturated rings. The summed E-state index contributed by atoms with van der Waals surface area (Å²) in [5.74, 6) is -0.575. The Kier molecular flexibility index (Phi) is 5.10. The Balaban J connectivity index is 1.98. The van der Waals surface area contributed by atoms with Gasteiger partial charge in [-0.25, -0.2) is 0 Å². The Hall–Kier alpha value is -2.70. The molecule has 0 aromatic heterocycles. The quantitative estimate of drug-likeness (QED) is 0.906. The predicted molar refractivity (Wildman–Crippen MR) is 78.4 cm³/mol. The number of carbonyl (C=O) groups excluding carboxylic acids is 1. The standard InChI is InChI=1S/C16H14F3NO3/c1-11-5-4-6-12(9-11)22-10-15(21)20-13-7-2-3-8-14(13)23-16(17,18)19/h2-9H,10H2,1H3,(H,20,21). The smallest absolute Gasteiger partial charge is 0.484 e. The fourth-order valence-corrected chi connectivity index (χ4v) is 1.82. The zero-order valence-corrected chi connectivity index (χ0v) is 12.2. The molecular weight excluding hydrogens is 311 g/mol. The molecule has 4 nitrogen and oxygen atoms in total. The van der Waals surface area contributed by atoms with Crippen LogP contribution in [0, 0.1) is 6.92 Å². The maximum absolute atomic E-state index is 12.3. The molecule has 2 rings (SSSR count). The van der Waals surface area contributed by atoms with E-state index >= 15 is 0 Å². The molecule has 2 aromatic carbocycles. The minimum absolute atomic E-state index is 0.0809. The Bertz CT molecular complexity index is 686. The number of carbonyl (C=O) groups is 1. The van der Waals surface area contributed by atoms with Crippen LogP contribution >= 0.6 is 0 Å². The van der Waals surface area contributed by atoms with Crippen LogP contribution in [0.1, 0.15) is 5.56 Å². The molecule has 0 unspecified atom stereocenters. The molecule has 0 atom stereocenters. The minimum Gasteiger partial charge on any atom is -0.484 e. The van der Waals surface area contributed by atoms with E-state index in [0.29, 0.717) is 5.75 Å². The van der Waals surface area contributed by atoms with E-state index in [2.05, 4.69) is 10.1 Å². The minimum atomic E-state index is -4.83. The largest absolute Gasteiger partial charge is 0.573 e. The van der Waals surface area contributed by atoms with Crippen LogP contribution in [0.4, 0.5) is 18.9 Å². The van der Waals surface area contributed by atoms with Crippen molar-refractivity contribution in [3.05, 3.63) is 54.1 Å². The highest BCUT2D eigenvalue weighted by Gasteiger charge is 2.32. The van der Waals surface area contributed by atoms with E-state index in [0.717, 1.165) is 11.6 Å². The topological polar surface area (TPSA) is 47.6 Å². The average molecular weight is 325 g/mol. The second-order valence-electron chi connectivity index (χ2n) is 4.70. The van der Waals surface area contributed by atoms with Gasteiger partial charge in [0, 0.05) is 0 Å². The Morgan fingerprint density at radius 1 is 1.13 bits per heavy atom. The third-order valence-electron chi connectivity index (χ3n) is 2.75. The SMILES string of the molecule is Cc1cccc(OCC(=O)Nc2ccccc2OC(F)(F)F)c1. The number of hydrogen-bond donors (Lipinski definition) is 1. The van der Waals surface area contributed by atoms with E-state index in [-0.39, 0.29) is 12.3 Å². The van der Waals surface area contributed by atoms with Gasteiger partial charge in [0.2, 0.25) is 0 Å². The van der Waals surface area contributed by atoms with Crippen molar-refractivity contribution in [2.75, 3.05) is 11.9 Å². The molecule has 0 aliphatic carbocycles. The highest BCUT2D eigenvalue weighted by molar-refractivity contribution is 5.93. The number of halogens is 3. The third kappa shape index (κ3) is 5.54. The molecule has 0 bridgehead atoms. The fraction of sp³-hybridized carbons (Fsp3) is 0.188. The Labute approximate surface area is 130 Å². The lowest BCUT2D eigenvalue weighted by molar-refractivity contribution is -0.274. The monoisotopic (exact) mass is 325 g/mol. The van der Waals surface area contributed by atoms with Crippen molar-refractivity contribution in [2.45, 2.75) is 13.3 Å². The van der Waals surface area contributed by atoms with Crippen molar-refractivity contribution >= 4 is 11.6 Å². The van der Waals surface area contributed by atoms with Gasteiger partial charge in [0.15, 0.2) is 12.4 Å². The molecule has 0 saturated heterocycles. The van der Waals surface area contributed by atoms with Gasteiger partial charge in [-0.3, -0.25) is 4.79 Å².